The van der Waals surface area contributed by atoms with Crippen LogP contribution in [0.1, 0.15) is 28.9 Å². The van der Waals surface area contributed by atoms with E-state index in [9.17, 15) is 17.6 Å². The van der Waals surface area contributed by atoms with Gasteiger partial charge >= 0.3 is 0 Å². The molecule has 0 aliphatic carbocycles. The average molecular weight is 399 g/mol. The molecule has 1 atom stereocenters. The molecular weight excluding hydrogens is 379 g/mol. The SMILES string of the molecule is CC(=O)c1cccc(S(=O)(=O)N2CCNCC2c2cccc(F)c2)c1.Cl. The Morgan fingerprint density at radius 2 is 1.92 bits per heavy atom. The summed E-state index contributed by atoms with van der Waals surface area (Å²) in [6.45, 7) is 2.58. The highest BCUT2D eigenvalue weighted by Crippen LogP contribution is 2.29. The lowest BCUT2D eigenvalue weighted by molar-refractivity contribution is 0.101. The van der Waals surface area contributed by atoms with Crippen LogP contribution in [-0.2, 0) is 10.0 Å². The minimum absolute atomic E-state index is 0. The number of ketones is 1. The van der Waals surface area contributed by atoms with Gasteiger partial charge in [0.2, 0.25) is 10.0 Å². The van der Waals surface area contributed by atoms with E-state index >= 15 is 0 Å². The molecular formula is C18H20ClFN2O3S. The van der Waals surface area contributed by atoms with E-state index in [4.69, 9.17) is 0 Å². The standard InChI is InChI=1S/C18H19FN2O3S.ClH/c1-13(22)14-4-3-7-17(11-14)25(23,24)21-9-8-20-12-18(21)15-5-2-6-16(19)10-15;/h2-7,10-11,18,20H,8-9,12H2,1H3;1H. The van der Waals surface area contributed by atoms with E-state index in [-0.39, 0.29) is 29.6 Å². The van der Waals surface area contributed by atoms with Gasteiger partial charge in [-0.2, -0.15) is 4.31 Å². The molecule has 26 heavy (non-hydrogen) atoms. The maximum atomic E-state index is 13.6. The van der Waals surface area contributed by atoms with Crippen LogP contribution >= 0.6 is 12.4 Å². The second kappa shape index (κ2) is 8.26. The molecule has 5 nitrogen and oxygen atoms in total. The molecule has 1 aliphatic heterocycles. The lowest BCUT2D eigenvalue weighted by Gasteiger charge is -2.35. The van der Waals surface area contributed by atoms with E-state index in [2.05, 4.69) is 5.32 Å². The summed E-state index contributed by atoms with van der Waals surface area (Å²) >= 11 is 0. The number of sulfonamides is 1. The van der Waals surface area contributed by atoms with Gasteiger partial charge in [0.05, 0.1) is 10.9 Å². The normalized spacial score (nSPS) is 18.2. The number of carbonyl (C=O) groups excluding carboxylic acids is 1. The molecule has 0 saturated carbocycles. The number of Topliss-reactive ketones (excluding diaryl/α,β-unsaturated/α-hetero) is 1. The average Bonchev–Trinajstić information content (AvgIpc) is 2.62. The summed E-state index contributed by atoms with van der Waals surface area (Å²) in [6, 6.07) is 11.5. The number of nitrogens with one attached hydrogen (secondary N) is 1. The fourth-order valence-corrected chi connectivity index (χ4v) is 4.64. The minimum Gasteiger partial charge on any atom is -0.313 e. The highest BCUT2D eigenvalue weighted by molar-refractivity contribution is 7.89. The molecule has 1 aliphatic rings. The van der Waals surface area contributed by atoms with Crippen molar-refractivity contribution in [3.8, 4) is 0 Å². The topological polar surface area (TPSA) is 66.5 Å². The van der Waals surface area contributed by atoms with Crippen LogP contribution in [0.5, 0.6) is 0 Å². The molecule has 1 N–H and O–H groups in total. The minimum atomic E-state index is -3.81. The summed E-state index contributed by atoms with van der Waals surface area (Å²) < 4.78 is 41.2. The molecule has 1 unspecified atom stereocenters. The molecule has 0 bridgehead atoms. The number of hydrogen-bond acceptors (Lipinski definition) is 4. The summed E-state index contributed by atoms with van der Waals surface area (Å²) in [7, 11) is -3.81. The van der Waals surface area contributed by atoms with E-state index in [1.807, 2.05) is 0 Å². The smallest absolute Gasteiger partial charge is 0.243 e. The third-order valence-corrected chi connectivity index (χ3v) is 6.18. The van der Waals surface area contributed by atoms with Crippen LogP contribution in [0.3, 0.4) is 0 Å². The lowest BCUT2D eigenvalue weighted by atomic mass is 10.1. The van der Waals surface area contributed by atoms with E-state index in [1.165, 1.54) is 35.5 Å². The summed E-state index contributed by atoms with van der Waals surface area (Å²) in [5.41, 5.74) is 0.942. The Kier molecular flexibility index (Phi) is 6.52. The number of benzene rings is 2. The summed E-state index contributed by atoms with van der Waals surface area (Å²) in [5.74, 6) is -0.599. The van der Waals surface area contributed by atoms with Gasteiger partial charge in [-0.3, -0.25) is 4.79 Å². The van der Waals surface area contributed by atoms with Gasteiger partial charge < -0.3 is 5.32 Å². The van der Waals surface area contributed by atoms with Crippen LogP contribution in [0.4, 0.5) is 4.39 Å². The number of hydrogen-bond donors (Lipinski definition) is 1. The summed E-state index contributed by atoms with van der Waals surface area (Å²) in [6.07, 6.45) is 0. The first-order valence-electron chi connectivity index (χ1n) is 7.98. The zero-order chi connectivity index (χ0) is 18.0. The second-order valence-electron chi connectivity index (χ2n) is 5.97. The number of piperazine rings is 1. The van der Waals surface area contributed by atoms with Crippen molar-refractivity contribution in [2.24, 2.45) is 0 Å². The van der Waals surface area contributed by atoms with Crippen molar-refractivity contribution in [1.82, 2.24) is 9.62 Å². The highest BCUT2D eigenvalue weighted by atomic mass is 35.5. The fourth-order valence-electron chi connectivity index (χ4n) is 2.98. The molecule has 1 fully saturated rings. The number of nitrogens with zero attached hydrogens (tertiary/aromatic N) is 1. The van der Waals surface area contributed by atoms with Gasteiger partial charge in [0, 0.05) is 25.2 Å². The molecule has 0 amide bonds. The van der Waals surface area contributed by atoms with E-state index in [0.29, 0.717) is 24.2 Å². The van der Waals surface area contributed by atoms with Crippen molar-refractivity contribution in [3.05, 3.63) is 65.5 Å². The third-order valence-electron chi connectivity index (χ3n) is 4.27. The summed E-state index contributed by atoms with van der Waals surface area (Å²) in [4.78, 5) is 11.6. The molecule has 8 heteroatoms. The van der Waals surface area contributed by atoms with Crippen molar-refractivity contribution in [2.75, 3.05) is 19.6 Å². The van der Waals surface area contributed by atoms with Crippen molar-refractivity contribution in [2.45, 2.75) is 17.9 Å². The maximum Gasteiger partial charge on any atom is 0.243 e. The van der Waals surface area contributed by atoms with Crippen molar-refractivity contribution >= 4 is 28.2 Å². The Morgan fingerprint density at radius 1 is 1.19 bits per heavy atom. The van der Waals surface area contributed by atoms with Crippen LogP contribution in [-0.4, -0.2) is 38.1 Å². The number of rotatable bonds is 4. The van der Waals surface area contributed by atoms with E-state index in [0.717, 1.165) is 0 Å². The quantitative estimate of drug-likeness (QED) is 0.804. The highest BCUT2D eigenvalue weighted by Gasteiger charge is 2.34. The fraction of sp³-hybridized carbons (Fsp3) is 0.278. The Morgan fingerprint density at radius 3 is 2.62 bits per heavy atom. The first-order valence-corrected chi connectivity index (χ1v) is 9.42. The Hall–Kier alpha value is -1.80. The second-order valence-corrected chi connectivity index (χ2v) is 7.87. The maximum absolute atomic E-state index is 13.6. The van der Waals surface area contributed by atoms with Crippen LogP contribution in [0.2, 0.25) is 0 Å². The Labute approximate surface area is 158 Å². The summed E-state index contributed by atoms with van der Waals surface area (Å²) in [5, 5.41) is 3.15. The number of halogens is 2. The van der Waals surface area contributed by atoms with Gasteiger partial charge in [0.25, 0.3) is 0 Å². The van der Waals surface area contributed by atoms with Gasteiger partial charge in [-0.05, 0) is 36.8 Å². The molecule has 140 valence electrons. The van der Waals surface area contributed by atoms with Gasteiger partial charge in [0.15, 0.2) is 5.78 Å². The molecule has 0 radical (unpaired) electrons. The van der Waals surface area contributed by atoms with Crippen molar-refractivity contribution in [1.29, 1.82) is 0 Å². The molecule has 2 aromatic carbocycles. The van der Waals surface area contributed by atoms with Gasteiger partial charge in [0.1, 0.15) is 5.82 Å². The predicted molar refractivity (Wildman–Crippen MR) is 99.6 cm³/mol. The molecule has 2 aromatic rings. The lowest BCUT2D eigenvalue weighted by Crippen LogP contribution is -2.48. The predicted octanol–water partition coefficient (Wildman–Crippen LogP) is 2.79. The first kappa shape index (κ1) is 20.5. The molecule has 0 aromatic heterocycles. The molecule has 0 spiro atoms. The molecule has 1 heterocycles. The zero-order valence-electron chi connectivity index (χ0n) is 14.2. The van der Waals surface area contributed by atoms with E-state index < -0.39 is 21.9 Å². The molecule has 3 rings (SSSR count). The monoisotopic (exact) mass is 398 g/mol. The van der Waals surface area contributed by atoms with Crippen molar-refractivity contribution < 1.29 is 17.6 Å². The van der Waals surface area contributed by atoms with Crippen LogP contribution < -0.4 is 5.32 Å². The van der Waals surface area contributed by atoms with Crippen LogP contribution in [0.15, 0.2) is 53.4 Å². The zero-order valence-corrected chi connectivity index (χ0v) is 15.8. The Bertz CT molecular complexity index is 905. The van der Waals surface area contributed by atoms with Gasteiger partial charge in [-0.25, -0.2) is 12.8 Å². The number of carbonyl (C=O) groups is 1. The van der Waals surface area contributed by atoms with Gasteiger partial charge in [-0.1, -0.05) is 24.3 Å². The van der Waals surface area contributed by atoms with Crippen LogP contribution in [0.25, 0.3) is 0 Å². The van der Waals surface area contributed by atoms with E-state index in [1.54, 1.807) is 24.3 Å². The largest absolute Gasteiger partial charge is 0.313 e. The third kappa shape index (κ3) is 4.12. The molecule has 1 saturated heterocycles. The van der Waals surface area contributed by atoms with Crippen molar-refractivity contribution in [3.63, 3.8) is 0 Å². The first-order chi connectivity index (χ1) is 11.9. The van der Waals surface area contributed by atoms with Gasteiger partial charge in [-0.15, -0.1) is 12.4 Å². The van der Waals surface area contributed by atoms with Crippen LogP contribution in [0, 0.1) is 5.82 Å². The Balaban J connectivity index is 0.00000243.